The summed E-state index contributed by atoms with van der Waals surface area (Å²) in [5.74, 6) is -0.401. The number of piperidine rings is 1. The molecule has 2 saturated heterocycles. The van der Waals surface area contributed by atoms with Crippen molar-refractivity contribution in [2.24, 2.45) is 7.05 Å². The lowest BCUT2D eigenvalue weighted by Gasteiger charge is -2.43. The summed E-state index contributed by atoms with van der Waals surface area (Å²) >= 11 is 0. The summed E-state index contributed by atoms with van der Waals surface area (Å²) < 4.78 is 27.1. The first-order chi connectivity index (χ1) is 19.3. The quantitative estimate of drug-likeness (QED) is 0.566. The van der Waals surface area contributed by atoms with Gasteiger partial charge in [0.2, 0.25) is 0 Å². The molecule has 10 heteroatoms. The number of nitrogens with one attached hydrogen (secondary N) is 1. The molecular weight excluding hydrogens is 513 g/mol. The first kappa shape index (κ1) is 27.2. The average Bonchev–Trinajstić information content (AvgIpc) is 3.59. The van der Waals surface area contributed by atoms with Crippen LogP contribution in [0.2, 0.25) is 0 Å². The highest BCUT2D eigenvalue weighted by atomic mass is 19.1. The smallest absolute Gasteiger partial charge is 0.407 e. The fourth-order valence-electron chi connectivity index (χ4n) is 7.13. The molecule has 1 aromatic heterocycles. The number of halogens is 1. The SMILES string of the molecule is Cc1cc(C(=O)N2CC3(CCN(C4CCCCC(NC(=O)O[C@@H]5CCOC5)C4)CC3)c3cc(F)ccc32)nn1C.[HH]. The number of carbonyl (C=O) groups is 2. The Labute approximate surface area is 236 Å². The maximum Gasteiger partial charge on any atom is 0.407 e. The van der Waals surface area contributed by atoms with E-state index in [1.165, 1.54) is 6.07 Å². The second-order valence-corrected chi connectivity index (χ2v) is 12.1. The Morgan fingerprint density at radius 2 is 1.98 bits per heavy atom. The van der Waals surface area contributed by atoms with Crippen molar-refractivity contribution in [3.05, 3.63) is 47.0 Å². The van der Waals surface area contributed by atoms with Crippen molar-refractivity contribution in [3.8, 4) is 0 Å². The fraction of sp³-hybridized carbons (Fsp3) is 0.633. The highest BCUT2D eigenvalue weighted by Crippen LogP contribution is 2.48. The standard InChI is InChI=1S/C30H40FN5O4.H2/c1-20-15-26(33-34(20)2)28(37)36-19-30(25-16-21(31)7-8-27(25)36)10-12-35(13-11-30)23-6-4-3-5-22(17-23)32-29(38)40-24-9-14-39-18-24;/h7-8,15-16,22-24H,3-6,9-14,17-19H2,1-2H3,(H,32,38);1H/t22?,23?,24-;/m1./s1. The van der Waals surface area contributed by atoms with Gasteiger partial charge in [-0.1, -0.05) is 12.8 Å². The third kappa shape index (κ3) is 5.35. The minimum atomic E-state index is -0.337. The predicted molar refractivity (Wildman–Crippen MR) is 150 cm³/mol. The summed E-state index contributed by atoms with van der Waals surface area (Å²) in [5.41, 5.74) is 2.80. The Kier molecular flexibility index (Phi) is 7.56. The second-order valence-electron chi connectivity index (χ2n) is 12.1. The molecule has 9 nitrogen and oxygen atoms in total. The number of likely N-dealkylation sites (tertiary alicyclic amines) is 1. The van der Waals surface area contributed by atoms with Gasteiger partial charge in [0, 0.05) is 50.3 Å². The van der Waals surface area contributed by atoms with Crippen molar-refractivity contribution in [2.45, 2.75) is 81.9 Å². The fourth-order valence-corrected chi connectivity index (χ4v) is 7.13. The van der Waals surface area contributed by atoms with Gasteiger partial charge in [-0.05, 0) is 81.9 Å². The number of rotatable bonds is 4. The molecule has 2 aromatic rings. The van der Waals surface area contributed by atoms with Crippen LogP contribution in [0.3, 0.4) is 0 Å². The van der Waals surface area contributed by atoms with Gasteiger partial charge in [0.1, 0.15) is 11.9 Å². The average molecular weight is 556 g/mol. The molecule has 0 radical (unpaired) electrons. The van der Waals surface area contributed by atoms with Crippen molar-refractivity contribution >= 4 is 17.7 Å². The van der Waals surface area contributed by atoms with E-state index in [1.807, 2.05) is 20.0 Å². The van der Waals surface area contributed by atoms with Gasteiger partial charge in [0.15, 0.2) is 5.69 Å². The van der Waals surface area contributed by atoms with Crippen LogP contribution >= 0.6 is 0 Å². The van der Waals surface area contributed by atoms with Crippen LogP contribution in [0.15, 0.2) is 24.3 Å². The molecule has 6 rings (SSSR count). The van der Waals surface area contributed by atoms with Crippen LogP contribution in [0.5, 0.6) is 0 Å². The molecule has 4 heterocycles. The van der Waals surface area contributed by atoms with Crippen molar-refractivity contribution < 1.29 is 24.9 Å². The van der Waals surface area contributed by atoms with E-state index in [0.717, 1.165) is 81.4 Å². The zero-order valence-electron chi connectivity index (χ0n) is 23.5. The number of alkyl carbamates (subject to hydrolysis) is 1. The lowest BCUT2D eigenvalue weighted by molar-refractivity contribution is 0.0764. The number of fused-ring (bicyclic) bond motifs is 2. The van der Waals surface area contributed by atoms with Crippen LogP contribution < -0.4 is 10.2 Å². The number of nitrogens with zero attached hydrogens (tertiary/aromatic N) is 4. The van der Waals surface area contributed by atoms with E-state index in [1.54, 1.807) is 21.7 Å². The largest absolute Gasteiger partial charge is 0.444 e. The Morgan fingerprint density at radius 1 is 1.18 bits per heavy atom. The zero-order valence-corrected chi connectivity index (χ0v) is 23.5. The Morgan fingerprint density at radius 3 is 2.70 bits per heavy atom. The topological polar surface area (TPSA) is 88.9 Å². The van der Waals surface area contributed by atoms with Gasteiger partial charge in [-0.25, -0.2) is 9.18 Å². The van der Waals surface area contributed by atoms with Gasteiger partial charge in [-0.2, -0.15) is 5.10 Å². The second kappa shape index (κ2) is 11.1. The van der Waals surface area contributed by atoms with Crippen molar-refractivity contribution in [3.63, 3.8) is 0 Å². The molecule has 1 spiro atoms. The minimum Gasteiger partial charge on any atom is -0.444 e. The third-order valence-electron chi connectivity index (χ3n) is 9.51. The molecule has 3 fully saturated rings. The van der Waals surface area contributed by atoms with E-state index < -0.39 is 0 Å². The maximum absolute atomic E-state index is 14.5. The summed E-state index contributed by atoms with van der Waals surface area (Å²) in [6.07, 6.45) is 7.17. The predicted octanol–water partition coefficient (Wildman–Crippen LogP) is 4.32. The summed E-state index contributed by atoms with van der Waals surface area (Å²) in [6, 6.07) is 7.11. The number of hydrogen-bond acceptors (Lipinski definition) is 6. The summed E-state index contributed by atoms with van der Waals surface area (Å²) in [5, 5.41) is 7.54. The highest BCUT2D eigenvalue weighted by Gasteiger charge is 2.47. The number of aryl methyl sites for hydroxylation is 2. The molecule has 1 aliphatic carbocycles. The Bertz CT molecular complexity index is 1240. The van der Waals surface area contributed by atoms with Gasteiger partial charge >= 0.3 is 6.09 Å². The lowest BCUT2D eigenvalue weighted by Crippen LogP contribution is -2.50. The Balaban J connectivity index is 0.00000337. The van der Waals surface area contributed by atoms with Crippen LogP contribution in [0, 0.1) is 12.7 Å². The maximum atomic E-state index is 14.5. The first-order valence-electron chi connectivity index (χ1n) is 14.7. The lowest BCUT2D eigenvalue weighted by atomic mass is 9.74. The van der Waals surface area contributed by atoms with Crippen molar-refractivity contribution in [1.82, 2.24) is 20.0 Å². The first-order valence-corrected chi connectivity index (χ1v) is 14.7. The van der Waals surface area contributed by atoms with Crippen molar-refractivity contribution in [2.75, 3.05) is 37.7 Å². The van der Waals surface area contributed by atoms with Gasteiger partial charge in [0.25, 0.3) is 5.91 Å². The highest BCUT2D eigenvalue weighted by molar-refractivity contribution is 6.06. The summed E-state index contributed by atoms with van der Waals surface area (Å²) in [6.45, 7) is 5.35. The number of benzene rings is 1. The zero-order chi connectivity index (χ0) is 27.9. The summed E-state index contributed by atoms with van der Waals surface area (Å²) in [4.78, 5) is 30.4. The molecule has 1 saturated carbocycles. The van der Waals surface area contributed by atoms with Crippen LogP contribution in [-0.4, -0.2) is 77.7 Å². The number of aromatic nitrogens is 2. The molecule has 3 aliphatic heterocycles. The molecule has 2 amide bonds. The van der Waals surface area contributed by atoms with Crippen LogP contribution in [-0.2, 0) is 21.9 Å². The number of ether oxygens (including phenoxy) is 2. The van der Waals surface area contributed by atoms with Crippen LogP contribution in [0.4, 0.5) is 14.9 Å². The number of amides is 2. The van der Waals surface area contributed by atoms with E-state index in [0.29, 0.717) is 31.5 Å². The molecule has 2 unspecified atom stereocenters. The number of carbonyl (C=O) groups excluding carboxylic acids is 2. The molecule has 218 valence electrons. The van der Waals surface area contributed by atoms with Crippen LogP contribution in [0.25, 0.3) is 0 Å². The normalized spacial score (nSPS) is 26.5. The number of anilines is 1. The molecule has 1 aromatic carbocycles. The molecule has 3 atom stereocenters. The Hall–Kier alpha value is -2.98. The van der Waals surface area contributed by atoms with Crippen molar-refractivity contribution in [1.29, 1.82) is 0 Å². The van der Waals surface area contributed by atoms with Gasteiger partial charge in [-0.15, -0.1) is 0 Å². The van der Waals surface area contributed by atoms with E-state index in [-0.39, 0.29) is 36.8 Å². The number of hydrogen-bond donors (Lipinski definition) is 1. The molecule has 40 heavy (non-hydrogen) atoms. The van der Waals surface area contributed by atoms with E-state index in [9.17, 15) is 14.0 Å². The molecule has 0 bridgehead atoms. The van der Waals surface area contributed by atoms with E-state index in [4.69, 9.17) is 9.47 Å². The monoisotopic (exact) mass is 555 g/mol. The van der Waals surface area contributed by atoms with E-state index >= 15 is 0 Å². The van der Waals surface area contributed by atoms with Gasteiger partial charge < -0.3 is 24.6 Å². The molecule has 4 aliphatic rings. The van der Waals surface area contributed by atoms with Gasteiger partial charge in [-0.3, -0.25) is 9.48 Å². The minimum absolute atomic E-state index is 0. The van der Waals surface area contributed by atoms with Crippen LogP contribution in [0.1, 0.15) is 74.5 Å². The molecular formula is C30H42FN5O4. The molecule has 1 N–H and O–H groups in total. The third-order valence-corrected chi connectivity index (χ3v) is 9.51. The summed E-state index contributed by atoms with van der Waals surface area (Å²) in [7, 11) is 1.83. The van der Waals surface area contributed by atoms with E-state index in [2.05, 4.69) is 15.3 Å². The van der Waals surface area contributed by atoms with Gasteiger partial charge in [0.05, 0.1) is 13.2 Å².